The molecule has 0 radical (unpaired) electrons. The van der Waals surface area contributed by atoms with E-state index >= 15 is 0 Å². The zero-order valence-corrected chi connectivity index (χ0v) is 38.6. The molecule has 3 aliphatic heterocycles. The number of rotatable bonds is 9. The molecule has 7 rings (SSSR count). The molecular weight excluding hydrogens is 809 g/mol. The van der Waals surface area contributed by atoms with Crippen LogP contribution in [0.15, 0.2) is 41.9 Å². The van der Waals surface area contributed by atoms with Crippen LogP contribution in [0, 0.1) is 11.3 Å². The van der Waals surface area contributed by atoms with Gasteiger partial charge >= 0.3 is 12.0 Å². The molecule has 0 spiro atoms. The van der Waals surface area contributed by atoms with Crippen LogP contribution in [0.25, 0.3) is 33.4 Å². The van der Waals surface area contributed by atoms with Gasteiger partial charge in [-0.3, -0.25) is 24.4 Å². The fourth-order valence-electron chi connectivity index (χ4n) is 9.11. The van der Waals surface area contributed by atoms with Crippen molar-refractivity contribution in [3.63, 3.8) is 0 Å². The highest BCUT2D eigenvalue weighted by molar-refractivity contribution is 7.10. The Bertz CT molecular complexity index is 2320. The Morgan fingerprint density at radius 1 is 1.13 bits per heavy atom. The normalized spacial score (nSPS) is 21.2. The third-order valence-electron chi connectivity index (χ3n) is 12.6. The predicted molar refractivity (Wildman–Crippen MR) is 238 cm³/mol. The minimum absolute atomic E-state index is 0.100. The summed E-state index contributed by atoms with van der Waals surface area (Å²) in [6, 6.07) is 7.46. The van der Waals surface area contributed by atoms with Crippen molar-refractivity contribution in [2.75, 3.05) is 47.5 Å². The zero-order chi connectivity index (χ0) is 44.7. The van der Waals surface area contributed by atoms with E-state index in [0.29, 0.717) is 50.4 Å². The van der Waals surface area contributed by atoms with Gasteiger partial charge in [-0.05, 0) is 75.8 Å². The van der Waals surface area contributed by atoms with Crippen LogP contribution < -0.4 is 10.7 Å². The van der Waals surface area contributed by atoms with Gasteiger partial charge in [0, 0.05) is 79.8 Å². The number of hydrogen-bond acceptors (Lipinski definition) is 11. The maximum atomic E-state index is 14.5. The third kappa shape index (κ3) is 8.97. The van der Waals surface area contributed by atoms with Crippen LogP contribution in [0.5, 0.6) is 0 Å². The zero-order valence-electron chi connectivity index (χ0n) is 37.7. The third-order valence-corrected chi connectivity index (χ3v) is 13.5. The summed E-state index contributed by atoms with van der Waals surface area (Å²) in [5, 5.41) is 8.15. The van der Waals surface area contributed by atoms with E-state index in [1.807, 2.05) is 39.1 Å². The Morgan fingerprint density at radius 2 is 1.89 bits per heavy atom. The molecule has 4 atom stereocenters. The number of likely N-dealkylation sites (N-methyl/N-ethyl adjacent to an activating group) is 1. The molecule has 6 heterocycles. The lowest BCUT2D eigenvalue weighted by molar-refractivity contribution is -0.155. The van der Waals surface area contributed by atoms with Gasteiger partial charge in [-0.1, -0.05) is 33.8 Å². The van der Waals surface area contributed by atoms with Crippen LogP contribution in [-0.4, -0.2) is 124 Å². The lowest BCUT2D eigenvalue weighted by Crippen LogP contribution is -2.67. The summed E-state index contributed by atoms with van der Waals surface area (Å²) in [7, 11) is 4.93. The van der Waals surface area contributed by atoms with Crippen molar-refractivity contribution in [2.45, 2.75) is 111 Å². The summed E-state index contributed by atoms with van der Waals surface area (Å²) in [6.45, 7) is 16.0. The molecular formula is C46H62N8O7S. The van der Waals surface area contributed by atoms with Crippen molar-refractivity contribution in [3.05, 3.63) is 58.2 Å². The van der Waals surface area contributed by atoms with E-state index in [0.717, 1.165) is 44.7 Å². The lowest BCUT2D eigenvalue weighted by Gasteiger charge is -2.48. The summed E-state index contributed by atoms with van der Waals surface area (Å²) in [6.07, 6.45) is 3.27. The fraction of sp³-hybridized carbons (Fsp3) is 0.565. The van der Waals surface area contributed by atoms with E-state index in [9.17, 15) is 19.2 Å². The Morgan fingerprint density at radius 3 is 2.58 bits per heavy atom. The number of pyridine rings is 1. The maximum absolute atomic E-state index is 14.5. The molecule has 0 aliphatic carbocycles. The number of urea groups is 1. The second kappa shape index (κ2) is 18.1. The molecule has 15 nitrogen and oxygen atoms in total. The Labute approximate surface area is 368 Å². The number of fused-ring (bicyclic) bond motifs is 6. The number of thiazole rings is 1. The number of carbonyl (C=O) groups excluding carboxylic acids is 4. The lowest BCUT2D eigenvalue weighted by atomic mass is 9.84. The quantitative estimate of drug-likeness (QED) is 0.191. The van der Waals surface area contributed by atoms with E-state index in [2.05, 4.69) is 60.3 Å². The smallest absolute Gasteiger partial charge is 0.324 e. The molecule has 3 aliphatic rings. The minimum Gasteiger partial charge on any atom is -0.464 e. The number of ether oxygens (including phenoxy) is 3. The summed E-state index contributed by atoms with van der Waals surface area (Å²) in [5.74, 6) is -1.57. The number of nitrogens with zero attached hydrogens (tertiary/aromatic N) is 6. The van der Waals surface area contributed by atoms with Crippen molar-refractivity contribution >= 4 is 46.1 Å². The van der Waals surface area contributed by atoms with Gasteiger partial charge in [0.1, 0.15) is 23.7 Å². The number of hydrogen-bond donors (Lipinski definition) is 2. The second-order valence-corrected chi connectivity index (χ2v) is 19.3. The first-order valence-electron chi connectivity index (χ1n) is 21.7. The first-order valence-corrected chi connectivity index (χ1v) is 22.6. The van der Waals surface area contributed by atoms with Crippen LogP contribution in [0.4, 0.5) is 4.79 Å². The molecule has 0 unspecified atom stereocenters. The van der Waals surface area contributed by atoms with E-state index in [1.165, 1.54) is 21.2 Å². The Balaban J connectivity index is 1.28. The van der Waals surface area contributed by atoms with Crippen molar-refractivity contribution in [1.82, 2.24) is 40.1 Å². The van der Waals surface area contributed by atoms with Crippen molar-refractivity contribution in [2.24, 2.45) is 11.3 Å². The molecule has 4 amide bonds. The number of aromatic nitrogens is 3. The molecule has 3 aromatic heterocycles. The first-order chi connectivity index (χ1) is 29.5. The molecule has 2 fully saturated rings. The summed E-state index contributed by atoms with van der Waals surface area (Å²) in [4.78, 5) is 69.3. The summed E-state index contributed by atoms with van der Waals surface area (Å²) in [5.41, 5.74) is 8.92. The number of carbonyl (C=O) groups is 4. The molecule has 4 aromatic rings. The van der Waals surface area contributed by atoms with Gasteiger partial charge in [0.25, 0.3) is 5.91 Å². The number of likely N-dealkylation sites (tertiary alicyclic amines) is 1. The van der Waals surface area contributed by atoms with Gasteiger partial charge in [0.2, 0.25) is 5.91 Å². The monoisotopic (exact) mass is 870 g/mol. The van der Waals surface area contributed by atoms with Crippen molar-refractivity contribution in [3.8, 4) is 22.5 Å². The largest absolute Gasteiger partial charge is 0.464 e. The average Bonchev–Trinajstić information content (AvgIpc) is 3.84. The number of hydrazine groups is 1. The molecule has 2 saturated heterocycles. The van der Waals surface area contributed by atoms with Crippen LogP contribution in [0.2, 0.25) is 0 Å². The first kappa shape index (κ1) is 45.1. The summed E-state index contributed by atoms with van der Waals surface area (Å²) >= 11 is 1.42. The summed E-state index contributed by atoms with van der Waals surface area (Å²) < 4.78 is 19.8. The minimum atomic E-state index is -1.05. The SMILES string of the molecule is CCn1c(-c2cccnc2[C@H](C)OC)c2c3cc(ccc31)-c1csc(n1)C[C@H](NC(=O)[C@H](C(C)C)N(C)C(=O)N1CC(C)(OC)C1)C(=O)N1CCC[C@H](N1)C(=O)OCC(C)(C)C2. The van der Waals surface area contributed by atoms with E-state index < -0.39 is 46.9 Å². The van der Waals surface area contributed by atoms with Crippen LogP contribution in [-0.2, 0) is 48.0 Å². The number of nitrogens with one attached hydrogen (secondary N) is 2. The van der Waals surface area contributed by atoms with Gasteiger partial charge < -0.3 is 33.9 Å². The van der Waals surface area contributed by atoms with Gasteiger partial charge in [-0.15, -0.1) is 11.3 Å². The fourth-order valence-corrected chi connectivity index (χ4v) is 9.96. The molecule has 2 N–H and O–H groups in total. The van der Waals surface area contributed by atoms with Gasteiger partial charge in [-0.25, -0.2) is 15.2 Å². The van der Waals surface area contributed by atoms with Crippen molar-refractivity contribution in [1.29, 1.82) is 0 Å². The van der Waals surface area contributed by atoms with E-state index in [1.54, 1.807) is 32.4 Å². The van der Waals surface area contributed by atoms with Gasteiger partial charge in [0.15, 0.2) is 0 Å². The molecule has 16 heteroatoms. The van der Waals surface area contributed by atoms with Crippen LogP contribution >= 0.6 is 11.3 Å². The molecule has 1 aromatic carbocycles. The van der Waals surface area contributed by atoms with Crippen LogP contribution in [0.1, 0.15) is 83.7 Å². The molecule has 6 bridgehead atoms. The Hall–Kier alpha value is -4.90. The highest BCUT2D eigenvalue weighted by atomic mass is 32.1. The number of benzene rings is 1. The number of cyclic esters (lactones) is 1. The maximum Gasteiger partial charge on any atom is 0.324 e. The van der Waals surface area contributed by atoms with Gasteiger partial charge in [0.05, 0.1) is 47.9 Å². The predicted octanol–water partition coefficient (Wildman–Crippen LogP) is 6.00. The van der Waals surface area contributed by atoms with E-state index in [-0.39, 0.29) is 31.1 Å². The molecule has 334 valence electrons. The van der Waals surface area contributed by atoms with Crippen LogP contribution in [0.3, 0.4) is 0 Å². The van der Waals surface area contributed by atoms with E-state index in [4.69, 9.17) is 24.2 Å². The highest BCUT2D eigenvalue weighted by Crippen LogP contribution is 2.42. The number of methoxy groups -OCH3 is 2. The second-order valence-electron chi connectivity index (χ2n) is 18.4. The molecule has 62 heavy (non-hydrogen) atoms. The highest BCUT2D eigenvalue weighted by Gasteiger charge is 2.45. The number of amides is 4. The molecule has 0 saturated carbocycles. The average molecular weight is 871 g/mol. The standard InChI is InChI=1S/C46H62N8O7S/c1-11-53-36-17-16-29-20-31(36)32(40(53)30-14-12-18-47-38(30)28(4)59-9)22-45(5,6)26-61-43(57)33-15-13-19-54(50-33)42(56)34(21-37-48-35(29)23-62-37)49-41(55)39(27(2)3)51(8)44(58)52-24-46(7,25-52)60-10/h12,14,16-18,20,23,27-28,33-34,39,50H,11,13,15,19,21-22,24-26H2,1-10H3,(H,49,55)/t28-,33-,34-,39-/m0/s1. The number of esters is 1. The number of aryl methyl sites for hydroxylation is 1. The topological polar surface area (TPSA) is 160 Å². The van der Waals surface area contributed by atoms with Crippen molar-refractivity contribution < 1.29 is 33.4 Å². The Kier molecular flexibility index (Phi) is 13.2. The van der Waals surface area contributed by atoms with Gasteiger partial charge in [-0.2, -0.15) is 0 Å².